The van der Waals surface area contributed by atoms with Crippen LogP contribution in [0.2, 0.25) is 0 Å². The maximum Gasteiger partial charge on any atom is 0.434 e. The van der Waals surface area contributed by atoms with Crippen LogP contribution in [-0.4, -0.2) is 123 Å². The fourth-order valence-corrected chi connectivity index (χ4v) is 9.63. The zero-order chi connectivity index (χ0) is 50.9. The molecule has 3 saturated heterocycles. The van der Waals surface area contributed by atoms with Crippen molar-refractivity contribution in [1.82, 2.24) is 24.7 Å². The van der Waals surface area contributed by atoms with E-state index in [4.69, 9.17) is 11.6 Å². The van der Waals surface area contributed by atoms with E-state index in [9.17, 15) is 71.9 Å². The molecule has 24 heteroatoms. The van der Waals surface area contributed by atoms with Crippen molar-refractivity contribution >= 4 is 56.7 Å². The number of halogens is 13. The summed E-state index contributed by atoms with van der Waals surface area (Å²) in [6.07, 6.45) is -27.2. The van der Waals surface area contributed by atoms with Gasteiger partial charge in [-0.15, -0.1) is 0 Å². The second-order valence-electron chi connectivity index (χ2n) is 18.0. The van der Waals surface area contributed by atoms with Crippen molar-refractivity contribution in [2.45, 2.75) is 121 Å². The topological polar surface area (TPSA) is 128 Å². The first-order valence-electron chi connectivity index (χ1n) is 21.9. The van der Waals surface area contributed by atoms with E-state index in [1.54, 1.807) is 17.0 Å². The van der Waals surface area contributed by atoms with E-state index in [0.29, 0.717) is 43.6 Å². The Morgan fingerprint density at radius 3 is 1.38 bits per heavy atom. The second kappa shape index (κ2) is 20.2. The molecule has 2 aromatic heterocycles. The smallest absolute Gasteiger partial charge is 0.426 e. The molecule has 380 valence electrons. The molecule has 4 fully saturated rings. The molecular weight excluding hydrogens is 970 g/mol. The quantitative estimate of drug-likeness (QED) is 0.155. The highest BCUT2D eigenvalue weighted by Gasteiger charge is 2.61. The number of carbonyl (C=O) groups is 4. The zero-order valence-electron chi connectivity index (χ0n) is 37.1. The molecule has 1 aliphatic carbocycles. The van der Waals surface area contributed by atoms with Gasteiger partial charge in [-0.3, -0.25) is 9.59 Å². The van der Waals surface area contributed by atoms with E-state index in [1.807, 2.05) is 50.2 Å². The van der Waals surface area contributed by atoms with E-state index in [2.05, 4.69) is 19.4 Å². The fourth-order valence-electron chi connectivity index (χ4n) is 9.53. The molecule has 4 aromatic rings. The predicted octanol–water partition coefficient (Wildman–Crippen LogP) is 12.3. The van der Waals surface area contributed by atoms with Crippen molar-refractivity contribution in [3.05, 3.63) is 71.0 Å². The molecule has 8 rings (SSSR count). The summed E-state index contributed by atoms with van der Waals surface area (Å²) in [6, 6.07) is 15.2. The second-order valence-corrected chi connectivity index (χ2v) is 18.3. The van der Waals surface area contributed by atoms with Crippen LogP contribution in [0.15, 0.2) is 48.5 Å². The number of benzene rings is 2. The van der Waals surface area contributed by atoms with Gasteiger partial charge >= 0.3 is 36.9 Å². The van der Waals surface area contributed by atoms with Crippen LogP contribution in [0, 0.1) is 19.3 Å². The van der Waals surface area contributed by atoms with Gasteiger partial charge in [-0.1, -0.05) is 36.1 Å². The number of aromatic nitrogens is 2. The van der Waals surface area contributed by atoms with Crippen molar-refractivity contribution in [3.8, 4) is 0 Å². The lowest BCUT2D eigenvalue weighted by Gasteiger charge is -2.44. The number of aromatic amines is 2. The monoisotopic (exact) mass is 1020 g/mol. The number of nitrogens with one attached hydrogen (secondary N) is 2. The summed E-state index contributed by atoms with van der Waals surface area (Å²) in [5, 5.41) is 1.45. The third kappa shape index (κ3) is 12.7. The van der Waals surface area contributed by atoms with E-state index in [0.717, 1.165) is 62.9 Å². The molecule has 5 heterocycles. The van der Waals surface area contributed by atoms with Gasteiger partial charge in [0.05, 0.1) is 5.69 Å². The minimum absolute atomic E-state index is 0.101. The van der Waals surface area contributed by atoms with Gasteiger partial charge in [-0.25, -0.2) is 9.59 Å². The molecule has 1 saturated carbocycles. The number of hydrogen-bond acceptors (Lipinski definition) is 6. The fraction of sp³-hybridized carbons (Fsp3) is 0.556. The molecule has 3 aliphatic heterocycles. The maximum atomic E-state index is 13.3. The van der Waals surface area contributed by atoms with Gasteiger partial charge in [-0.2, -0.15) is 52.7 Å². The third-order valence-corrected chi connectivity index (χ3v) is 13.4. The first-order valence-corrected chi connectivity index (χ1v) is 22.3. The van der Waals surface area contributed by atoms with Gasteiger partial charge in [0, 0.05) is 60.1 Å². The number of ether oxygens (including phenoxy) is 2. The number of carbonyl (C=O) groups excluding carboxylic acids is 4. The van der Waals surface area contributed by atoms with Crippen LogP contribution in [0.25, 0.3) is 21.8 Å². The highest BCUT2D eigenvalue weighted by Crippen LogP contribution is 2.47. The number of nitrogens with zero attached hydrogens (tertiary/aromatic N) is 3. The highest BCUT2D eigenvalue weighted by molar-refractivity contribution is 6.67. The van der Waals surface area contributed by atoms with Crippen molar-refractivity contribution in [2.24, 2.45) is 5.41 Å². The van der Waals surface area contributed by atoms with Crippen LogP contribution in [0.5, 0.6) is 0 Å². The molecule has 2 aromatic carbocycles. The zero-order valence-corrected chi connectivity index (χ0v) is 37.8. The summed E-state index contributed by atoms with van der Waals surface area (Å²) in [7, 11) is 0. The largest absolute Gasteiger partial charge is 0.434 e. The van der Waals surface area contributed by atoms with Gasteiger partial charge in [0.25, 0.3) is 23.4 Å². The number of amides is 3. The van der Waals surface area contributed by atoms with E-state index in [1.165, 1.54) is 5.56 Å². The number of hydrogen-bond donors (Lipinski definition) is 2. The lowest BCUT2D eigenvalue weighted by atomic mass is 9.77. The average Bonchev–Trinajstić information content (AvgIpc) is 4.07. The van der Waals surface area contributed by atoms with E-state index >= 15 is 0 Å². The number of H-pyrrole nitrogens is 2. The Bertz CT molecular complexity index is 2450. The van der Waals surface area contributed by atoms with Crippen LogP contribution in [-0.2, 0) is 9.47 Å². The summed E-state index contributed by atoms with van der Waals surface area (Å²) in [5.74, 6) is -0.225. The van der Waals surface area contributed by atoms with E-state index < -0.39 is 59.9 Å². The molecule has 2 N–H and O–H groups in total. The van der Waals surface area contributed by atoms with Gasteiger partial charge in [0.2, 0.25) is 0 Å². The number of aryl methyl sites for hydroxylation is 2. The summed E-state index contributed by atoms with van der Waals surface area (Å²) >= 11 is 5.34. The number of alkyl halides is 12. The van der Waals surface area contributed by atoms with Crippen LogP contribution < -0.4 is 0 Å². The van der Waals surface area contributed by atoms with Crippen LogP contribution in [0.3, 0.4) is 0 Å². The summed E-state index contributed by atoms with van der Waals surface area (Å²) in [5.41, 5.74) is 4.29. The number of fused-ring (bicyclic) bond motifs is 2. The standard InChI is InChI=1S/C22H23F6N3O3.C13H17F6NO2.C10H8ClNO/c1-13-3-4-15-14(11-13)12-16(29-15)17(32)31-8-2-5-20(31)6-9-30(10-7-20)19(33)34-18(21(23,24)25)22(26,27)28;14-12(15,16)9(13(17,18)19)22-10(21)20-7-5-11(6-8-20)3-1-2-4-11;1-6-2-3-8-7(4-6)5-9(12-8)10(11)13/h3-4,11-12,18,29H,2,5-10H2,1H3;9H,1-8H2;2-5,12H,1H3. The highest BCUT2D eigenvalue weighted by atomic mass is 35.5. The van der Waals surface area contributed by atoms with Gasteiger partial charge < -0.3 is 34.1 Å². The molecule has 2 spiro atoms. The first kappa shape index (κ1) is 53.0. The Morgan fingerprint density at radius 2 is 0.957 bits per heavy atom. The molecular formula is C45H48ClF12N5O6. The van der Waals surface area contributed by atoms with E-state index in [-0.39, 0.29) is 50.3 Å². The summed E-state index contributed by atoms with van der Waals surface area (Å²) < 4.78 is 158. The Balaban J connectivity index is 0.000000190. The Labute approximate surface area is 391 Å². The van der Waals surface area contributed by atoms with Crippen LogP contribution >= 0.6 is 11.6 Å². The molecule has 4 aliphatic rings. The average molecular weight is 1020 g/mol. The Kier molecular flexibility index (Phi) is 15.5. The van der Waals surface area contributed by atoms with Gasteiger partial charge in [-0.05, 0) is 119 Å². The lowest BCUT2D eigenvalue weighted by molar-refractivity contribution is -0.309. The van der Waals surface area contributed by atoms with Crippen molar-refractivity contribution in [2.75, 3.05) is 32.7 Å². The van der Waals surface area contributed by atoms with Crippen LogP contribution in [0.4, 0.5) is 62.3 Å². The Hall–Kier alpha value is -5.35. The van der Waals surface area contributed by atoms with Crippen LogP contribution in [0.1, 0.15) is 96.3 Å². The molecule has 0 radical (unpaired) electrons. The maximum absolute atomic E-state index is 13.3. The molecule has 11 nitrogen and oxygen atoms in total. The normalized spacial score (nSPS) is 18.4. The number of piperidine rings is 2. The van der Waals surface area contributed by atoms with Crippen molar-refractivity contribution < 1.29 is 81.3 Å². The van der Waals surface area contributed by atoms with Gasteiger partial charge in [0.1, 0.15) is 5.69 Å². The van der Waals surface area contributed by atoms with Gasteiger partial charge in [0.15, 0.2) is 0 Å². The predicted molar refractivity (Wildman–Crippen MR) is 227 cm³/mol. The third-order valence-electron chi connectivity index (χ3n) is 13.2. The minimum atomic E-state index is -5.77. The molecule has 69 heavy (non-hydrogen) atoms. The van der Waals surface area contributed by atoms with Crippen molar-refractivity contribution in [3.63, 3.8) is 0 Å². The number of likely N-dealkylation sites (tertiary alicyclic amines) is 3. The molecule has 3 amide bonds. The SMILES string of the molecule is Cc1ccc2[nH]c(C(=O)Cl)cc2c1.Cc1ccc2[nH]c(C(=O)N3CCCC34CCN(C(=O)OC(C(F)(F)F)C(F)(F)F)CC4)cc2c1.O=C(OC(C(F)(F)F)C(F)(F)F)N1CCC2(CCCC2)CC1. The molecule has 0 bridgehead atoms. The van der Waals surface area contributed by atoms with Crippen molar-refractivity contribution in [1.29, 1.82) is 0 Å². The Morgan fingerprint density at radius 1 is 0.551 bits per heavy atom. The lowest BCUT2D eigenvalue weighted by Crippen LogP contribution is -2.56. The summed E-state index contributed by atoms with van der Waals surface area (Å²) in [4.78, 5) is 57.4. The summed E-state index contributed by atoms with van der Waals surface area (Å²) in [6.45, 7) is 4.47. The number of rotatable bonds is 4. The first-order chi connectivity index (χ1) is 32.0. The molecule has 0 atom stereocenters. The minimum Gasteiger partial charge on any atom is -0.426 e. The molecule has 0 unspecified atom stereocenters.